The van der Waals surface area contributed by atoms with Crippen LogP contribution in [0.5, 0.6) is 0 Å². The van der Waals surface area contributed by atoms with Crippen molar-refractivity contribution in [1.82, 2.24) is 0 Å². The van der Waals surface area contributed by atoms with Gasteiger partial charge < -0.3 is 16.5 Å². The minimum absolute atomic E-state index is 0. The lowest BCUT2D eigenvalue weighted by Crippen LogP contribution is -2.59. The van der Waals surface area contributed by atoms with Crippen LogP contribution in [-0.4, -0.2) is 42.3 Å². The summed E-state index contributed by atoms with van der Waals surface area (Å²) in [4.78, 5) is 0. The largest absolute Gasteiger partial charge is 0.433 e. The van der Waals surface area contributed by atoms with Gasteiger partial charge in [0.15, 0.2) is 16.6 Å². The molecule has 35 heavy (non-hydrogen) atoms. The molecule has 9 heteroatoms. The van der Waals surface area contributed by atoms with Gasteiger partial charge in [0, 0.05) is 0 Å². The van der Waals surface area contributed by atoms with E-state index in [1.165, 1.54) is 19.3 Å². The summed E-state index contributed by atoms with van der Waals surface area (Å²) in [6.45, 7) is 31.3. The van der Waals surface area contributed by atoms with E-state index in [-0.39, 0.29) is 44.6 Å². The Labute approximate surface area is 230 Å². The van der Waals surface area contributed by atoms with Crippen molar-refractivity contribution >= 4 is 42.3 Å². The fourth-order valence-electron chi connectivity index (χ4n) is 3.29. The second kappa shape index (κ2) is 21.1. The van der Waals surface area contributed by atoms with Crippen molar-refractivity contribution in [1.29, 1.82) is 0 Å². The van der Waals surface area contributed by atoms with Gasteiger partial charge in [0.2, 0.25) is 0 Å². The zero-order valence-electron chi connectivity index (χ0n) is 20.5. The third kappa shape index (κ3) is 21.9. The maximum atomic E-state index is 6.81. The van der Waals surface area contributed by atoms with Crippen molar-refractivity contribution in [3.8, 4) is 0 Å². The topological polar surface area (TPSA) is 36.9 Å². The highest BCUT2D eigenvalue weighted by Gasteiger charge is 2.47. The Morgan fingerprint density at radius 3 is 1.34 bits per heavy atom. The molecule has 0 rings (SSSR count). The normalized spacial score (nSPS) is 14.3. The van der Waals surface area contributed by atoms with Gasteiger partial charge in [-0.1, -0.05) is 94.3 Å². The monoisotopic (exact) mass is 586 g/mol. The predicted octanol–water partition coefficient (Wildman–Crippen LogP) is 10.9. The summed E-state index contributed by atoms with van der Waals surface area (Å²) in [7, 11) is -11.5. The molecule has 0 aromatic rings. The summed E-state index contributed by atoms with van der Waals surface area (Å²) in [5.41, 5.74) is 5.80. The molecule has 4 nitrogen and oxygen atoms in total. The highest BCUT2D eigenvalue weighted by Crippen LogP contribution is 2.30. The average Bonchev–Trinajstić information content (AvgIpc) is 2.56. The van der Waals surface area contributed by atoms with Crippen molar-refractivity contribution in [2.24, 2.45) is 0 Å². The van der Waals surface area contributed by atoms with E-state index in [4.69, 9.17) is 16.5 Å². The second-order valence-electron chi connectivity index (χ2n) is 9.59. The molecule has 0 heterocycles. The Hall–Kier alpha value is 0.144. The average molecular weight is 587 g/mol. The van der Waals surface area contributed by atoms with Gasteiger partial charge in [-0.2, -0.15) is 0 Å². The van der Waals surface area contributed by atoms with E-state index in [9.17, 15) is 0 Å². The number of hydrogen-bond donors (Lipinski definition) is 0. The van der Waals surface area contributed by atoms with Gasteiger partial charge in [-0.05, 0) is 58.4 Å². The van der Waals surface area contributed by atoms with E-state index >= 15 is 0 Å². The van der Waals surface area contributed by atoms with Crippen LogP contribution < -0.4 is 0 Å². The molecule has 0 radical (unpaired) electrons. The van der Waals surface area contributed by atoms with Crippen molar-refractivity contribution in [2.45, 2.75) is 136 Å². The molecule has 0 aliphatic rings. The Balaban J connectivity index is -0.000000261. The minimum atomic E-state index is -2.58. The highest BCUT2D eigenvalue weighted by atomic mass is 28.5. The third-order valence-corrected chi connectivity index (χ3v) is 23.5. The molecule has 0 aliphatic carbocycles. The summed E-state index contributed by atoms with van der Waals surface area (Å²) in [6.07, 6.45) is 4.82. The molecule has 0 spiro atoms. The van der Waals surface area contributed by atoms with Crippen LogP contribution in [0.1, 0.15) is 77.2 Å². The molecule has 0 bridgehead atoms. The Kier molecular flexibility index (Phi) is 31.2. The number of unbranched alkanes of at least 4 members (excludes halogenated alkanes) is 3. The molecule has 0 amide bonds. The molecule has 0 aromatic heterocycles. The summed E-state index contributed by atoms with van der Waals surface area (Å²) < 4.78 is 26.6. The van der Waals surface area contributed by atoms with Gasteiger partial charge in [0.05, 0.1) is 0 Å². The van der Waals surface area contributed by atoms with Gasteiger partial charge >= 0.3 is 25.7 Å². The first-order valence-electron chi connectivity index (χ1n) is 10.8. The first-order chi connectivity index (χ1) is 13.1. The van der Waals surface area contributed by atoms with Gasteiger partial charge in [-0.15, -0.1) is 19.7 Å². The lowest BCUT2D eigenvalue weighted by atomic mass is 10.2. The Morgan fingerprint density at radius 1 is 0.543 bits per heavy atom. The number of rotatable bonds is 16. The summed E-state index contributed by atoms with van der Waals surface area (Å²) in [5, 5.41) is 0. The molecule has 0 aromatic carbocycles. The molecule has 0 saturated heterocycles. The lowest BCUT2D eigenvalue weighted by Gasteiger charge is -2.43. The molecule has 0 aliphatic heterocycles. The molecular weight excluding hydrogens is 517 g/mol. The maximum Gasteiger partial charge on any atom is 0.342 e. The third-order valence-electron chi connectivity index (χ3n) is 4.69. The summed E-state index contributed by atoms with van der Waals surface area (Å²) in [5.74, 6) is 0. The molecule has 0 saturated carbocycles. The maximum absolute atomic E-state index is 6.81. The minimum Gasteiger partial charge on any atom is -0.433 e. The smallest absolute Gasteiger partial charge is 0.342 e. The van der Waals surface area contributed by atoms with Gasteiger partial charge in [0.1, 0.15) is 0 Å². The van der Waals surface area contributed by atoms with E-state index in [1.54, 1.807) is 0 Å². The first kappa shape index (κ1) is 51.7. The van der Waals surface area contributed by atoms with Gasteiger partial charge in [-0.3, -0.25) is 0 Å². The van der Waals surface area contributed by atoms with Crippen LogP contribution in [0.3, 0.4) is 0 Å². The zero-order valence-corrected chi connectivity index (χ0v) is 25.5. The fourth-order valence-corrected chi connectivity index (χ4v) is 24.7. The molecule has 218 valence electrons. The van der Waals surface area contributed by atoms with E-state index in [0.29, 0.717) is 0 Å². The lowest BCUT2D eigenvalue weighted by molar-refractivity contribution is 0.298. The quantitative estimate of drug-likeness (QED) is 0.133. The van der Waals surface area contributed by atoms with Crippen LogP contribution in [0.15, 0.2) is 36.8 Å². The molecule has 0 fully saturated rings. The van der Waals surface area contributed by atoms with Crippen LogP contribution in [0, 0.1) is 0 Å². The van der Waals surface area contributed by atoms with Crippen LogP contribution >= 0.6 is 0 Å². The molecule has 2 unspecified atom stereocenters. The van der Waals surface area contributed by atoms with Crippen LogP contribution in [0.4, 0.5) is 0 Å². The SMILES string of the molecule is C.C.C.C.C.C.C=C[Si](C)(C)O[Si](C)(C=C)O[Si](C)(C)O[Si](C)(CCCCCC)O[Si](C)(C)C=C. The van der Waals surface area contributed by atoms with Crippen LogP contribution in [0.2, 0.25) is 58.4 Å². The highest BCUT2D eigenvalue weighted by molar-refractivity contribution is 6.93. The predicted molar refractivity (Wildman–Crippen MR) is 180 cm³/mol. The molecule has 2 atom stereocenters. The van der Waals surface area contributed by atoms with Crippen molar-refractivity contribution < 1.29 is 16.5 Å². The summed E-state index contributed by atoms with van der Waals surface area (Å²) >= 11 is 0. The van der Waals surface area contributed by atoms with E-state index in [2.05, 4.69) is 79.0 Å². The standard InChI is InChI=1S/C20H46O4Si5.6CH4/c1-13-17-18-19-20-29(12,22-26(7,8)15-3)24-27(9,10)23-28(11,16-4)21-25(5,6)14-2;;;;;;/h14-16H,2-4,13,17-20H2,1,5-12H3;6*1H4. The Morgan fingerprint density at radius 2 is 0.971 bits per heavy atom. The van der Waals surface area contributed by atoms with Crippen LogP contribution in [0.25, 0.3) is 0 Å². The molecule has 0 N–H and O–H groups in total. The van der Waals surface area contributed by atoms with E-state index < -0.39 is 42.3 Å². The van der Waals surface area contributed by atoms with E-state index in [1.807, 2.05) is 17.1 Å². The summed E-state index contributed by atoms with van der Waals surface area (Å²) in [6, 6.07) is 0.983. The Bertz CT molecular complexity index is 556. The molecular formula is C26H70O4Si5. The zero-order chi connectivity index (χ0) is 23.0. The van der Waals surface area contributed by atoms with Crippen molar-refractivity contribution in [3.05, 3.63) is 36.8 Å². The first-order valence-corrected chi connectivity index (χ1v) is 24.5. The van der Waals surface area contributed by atoms with Crippen LogP contribution in [-0.2, 0) is 16.5 Å². The second-order valence-corrected chi connectivity index (χ2v) is 28.1. The number of hydrogen-bond acceptors (Lipinski definition) is 4. The van der Waals surface area contributed by atoms with Gasteiger partial charge in [0.25, 0.3) is 0 Å². The fraction of sp³-hybridized carbons (Fsp3) is 0.769. The van der Waals surface area contributed by atoms with Crippen molar-refractivity contribution in [2.75, 3.05) is 0 Å². The van der Waals surface area contributed by atoms with Gasteiger partial charge in [-0.25, -0.2) is 0 Å². The van der Waals surface area contributed by atoms with Crippen molar-refractivity contribution in [3.63, 3.8) is 0 Å². The van der Waals surface area contributed by atoms with E-state index in [0.717, 1.165) is 12.5 Å².